The number of benzene rings is 1. The van der Waals surface area contributed by atoms with Crippen LogP contribution in [0.3, 0.4) is 0 Å². The molecule has 2 aliphatic rings. The molecule has 0 bridgehead atoms. The summed E-state index contributed by atoms with van der Waals surface area (Å²) < 4.78 is 1.22. The van der Waals surface area contributed by atoms with Crippen LogP contribution in [0.2, 0.25) is 0 Å². The van der Waals surface area contributed by atoms with Crippen molar-refractivity contribution in [1.29, 1.82) is 0 Å². The largest absolute Gasteiger partial charge is 0.368 e. The Morgan fingerprint density at radius 3 is 2.67 bits per heavy atom. The van der Waals surface area contributed by atoms with E-state index in [4.69, 9.17) is 5.73 Å². The van der Waals surface area contributed by atoms with E-state index in [2.05, 4.69) is 46.0 Å². The topological polar surface area (TPSA) is 29.3 Å². The predicted molar refractivity (Wildman–Crippen MR) is 93.8 cm³/mol. The standard InChI is InChI=1S/C18H27BrN2/c1-13(20)11-15-8-9-16(12-17(15)19)21-10-4-7-18(21)14-5-2-3-6-14/h8-9,12-14,18H,2-7,10-11,20H2,1H3. The van der Waals surface area contributed by atoms with Gasteiger partial charge >= 0.3 is 0 Å². The Labute approximate surface area is 137 Å². The van der Waals surface area contributed by atoms with Crippen molar-refractivity contribution in [3.05, 3.63) is 28.2 Å². The number of rotatable bonds is 4. The first-order valence-electron chi connectivity index (χ1n) is 8.46. The van der Waals surface area contributed by atoms with E-state index >= 15 is 0 Å². The molecule has 2 nitrogen and oxygen atoms in total. The fourth-order valence-electron chi connectivity index (χ4n) is 4.17. The third-order valence-electron chi connectivity index (χ3n) is 5.15. The van der Waals surface area contributed by atoms with Crippen LogP contribution >= 0.6 is 15.9 Å². The molecule has 1 saturated carbocycles. The molecule has 1 aromatic rings. The van der Waals surface area contributed by atoms with E-state index in [1.807, 2.05) is 0 Å². The molecule has 21 heavy (non-hydrogen) atoms. The molecular weight excluding hydrogens is 324 g/mol. The van der Waals surface area contributed by atoms with Gasteiger partial charge in [-0.3, -0.25) is 0 Å². The van der Waals surface area contributed by atoms with Gasteiger partial charge in [0, 0.05) is 28.8 Å². The molecule has 1 heterocycles. The Morgan fingerprint density at radius 2 is 2.00 bits per heavy atom. The quantitative estimate of drug-likeness (QED) is 0.866. The van der Waals surface area contributed by atoms with Crippen LogP contribution in [0.1, 0.15) is 51.0 Å². The van der Waals surface area contributed by atoms with Crippen molar-refractivity contribution in [1.82, 2.24) is 0 Å². The SMILES string of the molecule is CC(N)Cc1ccc(N2CCCC2C2CCCC2)cc1Br. The fourth-order valence-corrected chi connectivity index (χ4v) is 4.70. The van der Waals surface area contributed by atoms with Crippen molar-refractivity contribution in [2.45, 2.75) is 64.0 Å². The van der Waals surface area contributed by atoms with Gasteiger partial charge in [-0.2, -0.15) is 0 Å². The summed E-state index contributed by atoms with van der Waals surface area (Å²) in [6.45, 7) is 3.29. The average molecular weight is 351 g/mol. The second-order valence-corrected chi connectivity index (χ2v) is 7.76. The van der Waals surface area contributed by atoms with Gasteiger partial charge < -0.3 is 10.6 Å². The van der Waals surface area contributed by atoms with Crippen molar-refractivity contribution < 1.29 is 0 Å². The molecule has 0 amide bonds. The molecule has 0 radical (unpaired) electrons. The highest BCUT2D eigenvalue weighted by Crippen LogP contribution is 2.38. The van der Waals surface area contributed by atoms with Gasteiger partial charge in [0.25, 0.3) is 0 Å². The lowest BCUT2D eigenvalue weighted by Crippen LogP contribution is -2.34. The van der Waals surface area contributed by atoms with Crippen molar-refractivity contribution in [3.8, 4) is 0 Å². The molecule has 1 aromatic carbocycles. The van der Waals surface area contributed by atoms with Gasteiger partial charge in [-0.05, 0) is 62.6 Å². The van der Waals surface area contributed by atoms with Crippen molar-refractivity contribution in [2.24, 2.45) is 11.7 Å². The highest BCUT2D eigenvalue weighted by Gasteiger charge is 2.33. The molecule has 2 fully saturated rings. The summed E-state index contributed by atoms with van der Waals surface area (Å²) in [5.41, 5.74) is 8.64. The van der Waals surface area contributed by atoms with Crippen LogP contribution in [0.4, 0.5) is 5.69 Å². The van der Waals surface area contributed by atoms with Gasteiger partial charge in [0.1, 0.15) is 0 Å². The zero-order valence-corrected chi connectivity index (χ0v) is 14.6. The first kappa shape index (κ1) is 15.4. The number of hydrogen-bond donors (Lipinski definition) is 1. The van der Waals surface area contributed by atoms with Gasteiger partial charge in [0.15, 0.2) is 0 Å². The van der Waals surface area contributed by atoms with E-state index < -0.39 is 0 Å². The Balaban J connectivity index is 1.77. The summed E-state index contributed by atoms with van der Waals surface area (Å²) in [5.74, 6) is 0.926. The molecule has 1 aliphatic carbocycles. The van der Waals surface area contributed by atoms with Gasteiger partial charge in [-0.25, -0.2) is 0 Å². The van der Waals surface area contributed by atoms with Crippen molar-refractivity contribution >= 4 is 21.6 Å². The minimum atomic E-state index is 0.213. The highest BCUT2D eigenvalue weighted by atomic mass is 79.9. The second-order valence-electron chi connectivity index (χ2n) is 6.90. The van der Waals surface area contributed by atoms with Crippen LogP contribution < -0.4 is 10.6 Å². The third-order valence-corrected chi connectivity index (χ3v) is 5.89. The van der Waals surface area contributed by atoms with Gasteiger partial charge in [0.05, 0.1) is 0 Å². The Bertz CT molecular complexity index is 480. The normalized spacial score (nSPS) is 24.7. The highest BCUT2D eigenvalue weighted by molar-refractivity contribution is 9.10. The number of hydrogen-bond acceptors (Lipinski definition) is 2. The summed E-state index contributed by atoms with van der Waals surface area (Å²) in [5, 5.41) is 0. The van der Waals surface area contributed by atoms with Crippen LogP contribution in [0, 0.1) is 5.92 Å². The van der Waals surface area contributed by atoms with E-state index in [9.17, 15) is 0 Å². The number of halogens is 1. The first-order chi connectivity index (χ1) is 10.1. The number of nitrogens with two attached hydrogens (primary N) is 1. The van der Waals surface area contributed by atoms with Gasteiger partial charge in [0.2, 0.25) is 0 Å². The van der Waals surface area contributed by atoms with Crippen LogP contribution in [0.25, 0.3) is 0 Å². The predicted octanol–water partition coefficient (Wildman–Crippen LogP) is 4.50. The first-order valence-corrected chi connectivity index (χ1v) is 9.25. The minimum Gasteiger partial charge on any atom is -0.368 e. The second kappa shape index (κ2) is 6.70. The summed E-state index contributed by atoms with van der Waals surface area (Å²) in [6.07, 6.45) is 9.41. The van der Waals surface area contributed by atoms with Crippen LogP contribution in [-0.4, -0.2) is 18.6 Å². The van der Waals surface area contributed by atoms with E-state index in [1.165, 1.54) is 60.8 Å². The van der Waals surface area contributed by atoms with Crippen LogP contribution in [-0.2, 0) is 6.42 Å². The molecule has 2 N–H and O–H groups in total. The van der Waals surface area contributed by atoms with E-state index in [0.29, 0.717) is 0 Å². The number of anilines is 1. The molecule has 3 rings (SSSR count). The lowest BCUT2D eigenvalue weighted by atomic mass is 9.95. The minimum absolute atomic E-state index is 0.213. The van der Waals surface area contributed by atoms with Crippen LogP contribution in [0.5, 0.6) is 0 Å². The maximum absolute atomic E-state index is 5.93. The Kier molecular flexibility index (Phi) is 4.90. The summed E-state index contributed by atoms with van der Waals surface area (Å²) in [4.78, 5) is 2.66. The average Bonchev–Trinajstić information content (AvgIpc) is 3.09. The lowest BCUT2D eigenvalue weighted by Gasteiger charge is -2.31. The number of nitrogens with zero attached hydrogens (tertiary/aromatic N) is 1. The van der Waals surface area contributed by atoms with E-state index in [1.54, 1.807) is 0 Å². The molecule has 1 aliphatic heterocycles. The van der Waals surface area contributed by atoms with E-state index in [0.717, 1.165) is 18.4 Å². The lowest BCUT2D eigenvalue weighted by molar-refractivity contribution is 0.431. The molecule has 0 aromatic heterocycles. The monoisotopic (exact) mass is 350 g/mol. The maximum atomic E-state index is 5.93. The molecule has 2 unspecified atom stereocenters. The van der Waals surface area contributed by atoms with Crippen molar-refractivity contribution in [2.75, 3.05) is 11.4 Å². The molecular formula is C18H27BrN2. The summed E-state index contributed by atoms with van der Waals surface area (Å²) >= 11 is 3.74. The van der Waals surface area contributed by atoms with Crippen LogP contribution in [0.15, 0.2) is 22.7 Å². The zero-order chi connectivity index (χ0) is 14.8. The summed E-state index contributed by atoms with van der Waals surface area (Å²) in [6, 6.07) is 7.86. The molecule has 3 heteroatoms. The van der Waals surface area contributed by atoms with Gasteiger partial charge in [-0.15, -0.1) is 0 Å². The third kappa shape index (κ3) is 3.45. The van der Waals surface area contributed by atoms with Crippen molar-refractivity contribution in [3.63, 3.8) is 0 Å². The Hall–Kier alpha value is -0.540. The fraction of sp³-hybridized carbons (Fsp3) is 0.667. The molecule has 2 atom stereocenters. The smallest absolute Gasteiger partial charge is 0.0380 e. The molecule has 0 spiro atoms. The van der Waals surface area contributed by atoms with E-state index in [-0.39, 0.29) is 6.04 Å². The molecule has 116 valence electrons. The zero-order valence-electron chi connectivity index (χ0n) is 13.0. The maximum Gasteiger partial charge on any atom is 0.0380 e. The summed E-state index contributed by atoms with van der Waals surface area (Å²) in [7, 11) is 0. The Morgan fingerprint density at radius 1 is 1.24 bits per heavy atom. The molecule has 1 saturated heterocycles. The van der Waals surface area contributed by atoms with Gasteiger partial charge in [-0.1, -0.05) is 34.8 Å².